The Bertz CT molecular complexity index is 731. The lowest BCUT2D eigenvalue weighted by molar-refractivity contribution is -0.146. The van der Waals surface area contributed by atoms with Crippen LogP contribution in [-0.4, -0.2) is 36.7 Å². The van der Waals surface area contributed by atoms with E-state index in [0.717, 1.165) is 19.3 Å². The third-order valence-corrected chi connectivity index (χ3v) is 6.90. The molecule has 1 saturated carbocycles. The number of carbonyl (C=O) groups is 2. The molecule has 138 valence electrons. The van der Waals surface area contributed by atoms with E-state index >= 15 is 0 Å². The van der Waals surface area contributed by atoms with Gasteiger partial charge in [-0.15, -0.1) is 0 Å². The summed E-state index contributed by atoms with van der Waals surface area (Å²) in [7, 11) is -3.33. The summed E-state index contributed by atoms with van der Waals surface area (Å²) in [5.74, 6) is -1.01. The molecule has 0 unspecified atom stereocenters. The molecule has 0 radical (unpaired) electrons. The molecule has 0 aromatic heterocycles. The van der Waals surface area contributed by atoms with Crippen molar-refractivity contribution in [1.82, 2.24) is 5.32 Å². The molecule has 2 N–H and O–H groups in total. The molecule has 2 rings (SSSR count). The largest absolute Gasteiger partial charge is 0.480 e. The lowest BCUT2D eigenvalue weighted by atomic mass is 9.75. The quantitative estimate of drug-likeness (QED) is 0.805. The fourth-order valence-corrected chi connectivity index (χ4v) is 4.12. The van der Waals surface area contributed by atoms with Crippen LogP contribution in [0.1, 0.15) is 56.3 Å². The van der Waals surface area contributed by atoms with E-state index in [1.165, 1.54) is 24.3 Å². The highest BCUT2D eigenvalue weighted by Crippen LogP contribution is 2.34. The lowest BCUT2D eigenvalue weighted by Crippen LogP contribution is -2.56. The van der Waals surface area contributed by atoms with Crippen LogP contribution in [0.25, 0.3) is 0 Å². The molecular formula is C18H25NO5S. The molecule has 0 spiro atoms. The molecule has 1 aromatic rings. The van der Waals surface area contributed by atoms with Crippen molar-refractivity contribution in [2.45, 2.75) is 56.4 Å². The van der Waals surface area contributed by atoms with E-state index in [-0.39, 0.29) is 16.2 Å². The molecule has 1 aromatic carbocycles. The molecule has 1 amide bonds. The highest BCUT2D eigenvalue weighted by atomic mass is 32.2. The Morgan fingerprint density at radius 3 is 2.16 bits per heavy atom. The summed E-state index contributed by atoms with van der Waals surface area (Å²) in [4.78, 5) is 24.4. The standard InChI is InChI=1S/C18H25NO5S/c1-3-13-9-11-18(12-10-13,17(21)22)19-16(20)14-5-7-15(8-6-14)25(23,24)4-2/h5-8,13H,3-4,9-12H2,1-2H3,(H,19,20)(H,21,22). The first-order chi connectivity index (χ1) is 11.7. The predicted molar refractivity (Wildman–Crippen MR) is 94.3 cm³/mol. The predicted octanol–water partition coefficient (Wildman–Crippen LogP) is 2.63. The third-order valence-electron chi connectivity index (χ3n) is 5.15. The maximum atomic E-state index is 12.5. The first-order valence-electron chi connectivity index (χ1n) is 8.63. The average Bonchev–Trinajstić information content (AvgIpc) is 2.62. The van der Waals surface area contributed by atoms with Crippen molar-refractivity contribution in [2.75, 3.05) is 5.75 Å². The van der Waals surface area contributed by atoms with Gasteiger partial charge in [0.2, 0.25) is 0 Å². The van der Waals surface area contributed by atoms with Gasteiger partial charge in [0.25, 0.3) is 5.91 Å². The van der Waals surface area contributed by atoms with E-state index in [0.29, 0.717) is 18.8 Å². The van der Waals surface area contributed by atoms with Crippen LogP contribution in [0.3, 0.4) is 0 Å². The van der Waals surface area contributed by atoms with Crippen molar-refractivity contribution < 1.29 is 23.1 Å². The minimum atomic E-state index is -3.33. The van der Waals surface area contributed by atoms with Gasteiger partial charge in [-0.05, 0) is 55.9 Å². The van der Waals surface area contributed by atoms with Gasteiger partial charge in [-0.3, -0.25) is 4.79 Å². The molecule has 0 bridgehead atoms. The average molecular weight is 367 g/mol. The summed E-state index contributed by atoms with van der Waals surface area (Å²) >= 11 is 0. The number of rotatable bonds is 6. The van der Waals surface area contributed by atoms with E-state index in [1.807, 2.05) is 0 Å². The Kier molecular flexibility index (Phi) is 5.87. The zero-order chi connectivity index (χ0) is 18.7. The highest BCUT2D eigenvalue weighted by molar-refractivity contribution is 7.91. The van der Waals surface area contributed by atoms with Gasteiger partial charge in [0.05, 0.1) is 10.6 Å². The molecule has 1 aliphatic rings. The number of amides is 1. The summed E-state index contributed by atoms with van der Waals surface area (Å²) in [5, 5.41) is 12.3. The second-order valence-electron chi connectivity index (χ2n) is 6.62. The van der Waals surface area contributed by atoms with Gasteiger partial charge in [-0.2, -0.15) is 0 Å². The van der Waals surface area contributed by atoms with Crippen LogP contribution in [-0.2, 0) is 14.6 Å². The minimum absolute atomic E-state index is 0.0146. The summed E-state index contributed by atoms with van der Waals surface area (Å²) in [6, 6.07) is 5.61. The van der Waals surface area contributed by atoms with Crippen LogP contribution in [0.5, 0.6) is 0 Å². The fourth-order valence-electron chi connectivity index (χ4n) is 3.24. The van der Waals surface area contributed by atoms with Crippen LogP contribution in [0, 0.1) is 5.92 Å². The van der Waals surface area contributed by atoms with Crippen molar-refractivity contribution in [3.05, 3.63) is 29.8 Å². The number of hydrogen-bond donors (Lipinski definition) is 2. The molecule has 1 fully saturated rings. The number of nitrogens with one attached hydrogen (secondary N) is 1. The van der Waals surface area contributed by atoms with Crippen molar-refractivity contribution in [1.29, 1.82) is 0 Å². The van der Waals surface area contributed by atoms with Crippen LogP contribution >= 0.6 is 0 Å². The summed E-state index contributed by atoms with van der Waals surface area (Å²) in [6.07, 6.45) is 3.38. The van der Waals surface area contributed by atoms with Gasteiger partial charge >= 0.3 is 5.97 Å². The number of carbonyl (C=O) groups excluding carboxylic acids is 1. The molecule has 25 heavy (non-hydrogen) atoms. The SMILES string of the molecule is CCC1CCC(NC(=O)c2ccc(S(=O)(=O)CC)cc2)(C(=O)O)CC1. The molecule has 0 heterocycles. The summed E-state index contributed by atoms with van der Waals surface area (Å²) in [6.45, 7) is 3.64. The van der Waals surface area contributed by atoms with Gasteiger partial charge in [-0.25, -0.2) is 13.2 Å². The topological polar surface area (TPSA) is 101 Å². The van der Waals surface area contributed by atoms with E-state index in [4.69, 9.17) is 0 Å². The third kappa shape index (κ3) is 4.21. The Morgan fingerprint density at radius 1 is 1.16 bits per heavy atom. The molecule has 0 atom stereocenters. The number of carboxylic acids is 1. The van der Waals surface area contributed by atoms with Gasteiger partial charge in [0.1, 0.15) is 5.54 Å². The van der Waals surface area contributed by atoms with Crippen LogP contribution in [0.4, 0.5) is 0 Å². The zero-order valence-electron chi connectivity index (χ0n) is 14.6. The fraction of sp³-hybridized carbons (Fsp3) is 0.556. The summed E-state index contributed by atoms with van der Waals surface area (Å²) < 4.78 is 23.6. The van der Waals surface area contributed by atoms with Gasteiger partial charge in [0, 0.05) is 5.56 Å². The molecular weight excluding hydrogens is 342 g/mol. The highest BCUT2D eigenvalue weighted by Gasteiger charge is 2.43. The summed E-state index contributed by atoms with van der Waals surface area (Å²) in [5.41, 5.74) is -0.981. The van der Waals surface area contributed by atoms with Gasteiger partial charge < -0.3 is 10.4 Å². The van der Waals surface area contributed by atoms with Crippen molar-refractivity contribution in [2.24, 2.45) is 5.92 Å². The van der Waals surface area contributed by atoms with Gasteiger partial charge in [0.15, 0.2) is 9.84 Å². The first kappa shape index (κ1) is 19.4. The van der Waals surface area contributed by atoms with Crippen molar-refractivity contribution >= 4 is 21.7 Å². The van der Waals surface area contributed by atoms with Gasteiger partial charge in [-0.1, -0.05) is 20.3 Å². The molecule has 7 heteroatoms. The zero-order valence-corrected chi connectivity index (χ0v) is 15.4. The Morgan fingerprint density at radius 2 is 1.72 bits per heavy atom. The lowest BCUT2D eigenvalue weighted by Gasteiger charge is -2.37. The Labute approximate surface area is 148 Å². The van der Waals surface area contributed by atoms with E-state index < -0.39 is 27.3 Å². The Balaban J connectivity index is 2.16. The second kappa shape index (κ2) is 7.56. The smallest absolute Gasteiger partial charge is 0.329 e. The van der Waals surface area contributed by atoms with Crippen molar-refractivity contribution in [3.8, 4) is 0 Å². The number of aliphatic carboxylic acids is 1. The van der Waals surface area contributed by atoms with E-state index in [1.54, 1.807) is 6.92 Å². The normalized spacial score (nSPS) is 23.8. The monoisotopic (exact) mass is 367 g/mol. The van der Waals surface area contributed by atoms with Crippen LogP contribution in [0.2, 0.25) is 0 Å². The van der Waals surface area contributed by atoms with E-state index in [9.17, 15) is 23.1 Å². The van der Waals surface area contributed by atoms with Crippen LogP contribution < -0.4 is 5.32 Å². The molecule has 6 nitrogen and oxygen atoms in total. The number of benzene rings is 1. The molecule has 0 aliphatic heterocycles. The first-order valence-corrected chi connectivity index (χ1v) is 10.3. The van der Waals surface area contributed by atoms with Crippen molar-refractivity contribution in [3.63, 3.8) is 0 Å². The number of hydrogen-bond acceptors (Lipinski definition) is 4. The Hall–Kier alpha value is -1.89. The number of carboxylic acid groups (broad SMARTS) is 1. The number of sulfone groups is 1. The molecule has 1 aliphatic carbocycles. The van der Waals surface area contributed by atoms with E-state index in [2.05, 4.69) is 12.2 Å². The minimum Gasteiger partial charge on any atom is -0.480 e. The molecule has 0 saturated heterocycles. The maximum Gasteiger partial charge on any atom is 0.329 e. The van der Waals surface area contributed by atoms with Crippen LogP contribution in [0.15, 0.2) is 29.2 Å². The maximum absolute atomic E-state index is 12.5. The second-order valence-corrected chi connectivity index (χ2v) is 8.90.